The van der Waals surface area contributed by atoms with E-state index in [1.54, 1.807) is 12.4 Å². The molecule has 1 aliphatic rings. The van der Waals surface area contributed by atoms with Gasteiger partial charge in [-0.3, -0.25) is 4.79 Å². The van der Waals surface area contributed by atoms with Crippen LogP contribution in [0.25, 0.3) is 16.9 Å². The summed E-state index contributed by atoms with van der Waals surface area (Å²) in [6, 6.07) is 17.2. The maximum absolute atomic E-state index is 13.1. The van der Waals surface area contributed by atoms with E-state index in [0.717, 1.165) is 28.5 Å². The average molecular weight is 457 g/mol. The molecule has 1 fully saturated rings. The van der Waals surface area contributed by atoms with Gasteiger partial charge in [-0.15, -0.1) is 5.10 Å². The zero-order chi connectivity index (χ0) is 23.3. The van der Waals surface area contributed by atoms with Crippen LogP contribution in [-0.4, -0.2) is 73.8 Å². The van der Waals surface area contributed by atoms with Gasteiger partial charge in [0.2, 0.25) is 0 Å². The van der Waals surface area contributed by atoms with Crippen molar-refractivity contribution in [2.75, 3.05) is 37.7 Å². The zero-order valence-electron chi connectivity index (χ0n) is 18.8. The molecular formula is C24H24N8O2. The molecule has 0 radical (unpaired) electrons. The summed E-state index contributed by atoms with van der Waals surface area (Å²) < 4.78 is 7.05. The number of amides is 1. The van der Waals surface area contributed by atoms with E-state index in [4.69, 9.17) is 4.74 Å². The molecule has 0 atom stereocenters. The Balaban J connectivity index is 1.24. The van der Waals surface area contributed by atoms with E-state index in [0.29, 0.717) is 38.3 Å². The fraction of sp³-hybridized carbons (Fsp3) is 0.250. The third kappa shape index (κ3) is 4.56. The largest absolute Gasteiger partial charge is 0.494 e. The van der Waals surface area contributed by atoms with Gasteiger partial charge in [-0.05, 0) is 59.8 Å². The predicted molar refractivity (Wildman–Crippen MR) is 126 cm³/mol. The lowest BCUT2D eigenvalue weighted by atomic mass is 10.1. The number of hydrogen-bond acceptors (Lipinski definition) is 8. The molecule has 0 N–H and O–H groups in total. The Kier molecular flexibility index (Phi) is 6.11. The van der Waals surface area contributed by atoms with Crippen LogP contribution in [-0.2, 0) is 0 Å². The summed E-state index contributed by atoms with van der Waals surface area (Å²) in [4.78, 5) is 26.0. The molecule has 0 spiro atoms. The number of piperazine rings is 1. The number of ether oxygens (including phenoxy) is 1. The van der Waals surface area contributed by atoms with Crippen molar-refractivity contribution < 1.29 is 9.53 Å². The molecule has 1 amide bonds. The van der Waals surface area contributed by atoms with Gasteiger partial charge < -0.3 is 14.5 Å². The van der Waals surface area contributed by atoms with E-state index in [1.165, 1.54) is 11.0 Å². The summed E-state index contributed by atoms with van der Waals surface area (Å²) in [5.74, 6) is 1.68. The highest BCUT2D eigenvalue weighted by Gasteiger charge is 2.23. The van der Waals surface area contributed by atoms with Crippen LogP contribution in [0.1, 0.15) is 17.3 Å². The number of benzene rings is 2. The maximum Gasteiger partial charge on any atom is 0.254 e. The molecule has 34 heavy (non-hydrogen) atoms. The maximum atomic E-state index is 13.1. The smallest absolute Gasteiger partial charge is 0.254 e. The van der Waals surface area contributed by atoms with Gasteiger partial charge in [0.05, 0.1) is 18.0 Å². The Morgan fingerprint density at radius 3 is 2.56 bits per heavy atom. The standard InChI is InChI=1S/C24H24N8O2/c1-2-34-21-8-6-18(7-9-21)22-15-23(26-16-25-22)30-10-12-31(13-11-30)24(33)19-4-3-5-20(14-19)32-17-27-28-29-32/h3-9,14-17H,2,10-13H2,1H3. The minimum absolute atomic E-state index is 0.00709. The van der Waals surface area contributed by atoms with Crippen LogP contribution < -0.4 is 9.64 Å². The van der Waals surface area contributed by atoms with Crippen LogP contribution in [0.2, 0.25) is 0 Å². The molecule has 5 rings (SSSR count). The van der Waals surface area contributed by atoms with Gasteiger partial charge >= 0.3 is 0 Å². The van der Waals surface area contributed by atoms with Gasteiger partial charge in [-0.2, -0.15) is 0 Å². The Hall–Kier alpha value is -4.34. The normalized spacial score (nSPS) is 13.7. The van der Waals surface area contributed by atoms with Gasteiger partial charge in [-0.25, -0.2) is 14.6 Å². The number of rotatable bonds is 6. The quantitative estimate of drug-likeness (QED) is 0.436. The first kappa shape index (κ1) is 21.5. The molecular weight excluding hydrogens is 432 g/mol. The minimum atomic E-state index is -0.00709. The van der Waals surface area contributed by atoms with Crippen molar-refractivity contribution in [2.45, 2.75) is 6.92 Å². The van der Waals surface area contributed by atoms with Crippen LogP contribution in [0.15, 0.2) is 67.3 Å². The molecule has 0 aliphatic carbocycles. The van der Waals surface area contributed by atoms with Crippen molar-refractivity contribution in [1.82, 2.24) is 35.1 Å². The van der Waals surface area contributed by atoms with Crippen LogP contribution in [0.5, 0.6) is 5.75 Å². The van der Waals surface area contributed by atoms with Crippen molar-refractivity contribution in [3.63, 3.8) is 0 Å². The van der Waals surface area contributed by atoms with Crippen LogP contribution in [0, 0.1) is 0 Å². The Bertz CT molecular complexity index is 1250. The van der Waals surface area contributed by atoms with E-state index < -0.39 is 0 Å². The highest BCUT2D eigenvalue weighted by molar-refractivity contribution is 5.95. The highest BCUT2D eigenvalue weighted by atomic mass is 16.5. The van der Waals surface area contributed by atoms with Gasteiger partial charge in [-0.1, -0.05) is 6.07 Å². The molecule has 4 aromatic rings. The van der Waals surface area contributed by atoms with E-state index in [1.807, 2.05) is 60.4 Å². The molecule has 172 valence electrons. The first-order valence-corrected chi connectivity index (χ1v) is 11.1. The molecule has 10 heteroatoms. The van der Waals surface area contributed by atoms with Crippen molar-refractivity contribution in [1.29, 1.82) is 0 Å². The molecule has 1 saturated heterocycles. The summed E-state index contributed by atoms with van der Waals surface area (Å²) in [5.41, 5.74) is 3.22. The van der Waals surface area contributed by atoms with E-state index in [-0.39, 0.29) is 5.91 Å². The summed E-state index contributed by atoms with van der Waals surface area (Å²) in [6.07, 6.45) is 3.09. The number of carbonyl (C=O) groups is 1. The molecule has 0 unspecified atom stereocenters. The number of anilines is 1. The third-order valence-electron chi connectivity index (χ3n) is 5.71. The van der Waals surface area contributed by atoms with Gasteiger partial charge in [0.1, 0.15) is 24.2 Å². The van der Waals surface area contributed by atoms with Gasteiger partial charge in [0, 0.05) is 43.4 Å². The Morgan fingerprint density at radius 1 is 1.00 bits per heavy atom. The Labute approximate surface area is 196 Å². The van der Waals surface area contributed by atoms with Crippen molar-refractivity contribution in [3.05, 3.63) is 72.8 Å². The number of aromatic nitrogens is 6. The molecule has 0 bridgehead atoms. The van der Waals surface area contributed by atoms with E-state index in [9.17, 15) is 4.79 Å². The SMILES string of the molecule is CCOc1ccc(-c2cc(N3CCN(C(=O)c4cccc(-n5cnnn5)c4)CC3)ncn2)cc1. The summed E-state index contributed by atoms with van der Waals surface area (Å²) in [5, 5.41) is 11.2. The molecule has 0 saturated carbocycles. The fourth-order valence-electron chi connectivity index (χ4n) is 3.95. The topological polar surface area (TPSA) is 102 Å². The van der Waals surface area contributed by atoms with Crippen molar-refractivity contribution >= 4 is 11.7 Å². The number of tetrazole rings is 1. The zero-order valence-corrected chi connectivity index (χ0v) is 18.8. The summed E-state index contributed by atoms with van der Waals surface area (Å²) in [6.45, 7) is 5.20. The fourth-order valence-corrected chi connectivity index (χ4v) is 3.95. The molecule has 3 heterocycles. The minimum Gasteiger partial charge on any atom is -0.494 e. The number of hydrogen-bond donors (Lipinski definition) is 0. The number of nitrogens with zero attached hydrogens (tertiary/aromatic N) is 8. The first-order chi connectivity index (χ1) is 16.7. The van der Waals surface area contributed by atoms with Crippen LogP contribution in [0.4, 0.5) is 5.82 Å². The molecule has 10 nitrogen and oxygen atoms in total. The predicted octanol–water partition coefficient (Wildman–Crippen LogP) is 2.48. The monoisotopic (exact) mass is 456 g/mol. The Morgan fingerprint density at radius 2 is 1.82 bits per heavy atom. The lowest BCUT2D eigenvalue weighted by molar-refractivity contribution is 0.0746. The summed E-state index contributed by atoms with van der Waals surface area (Å²) in [7, 11) is 0. The first-order valence-electron chi connectivity index (χ1n) is 11.1. The van der Waals surface area contributed by atoms with Crippen molar-refractivity contribution in [3.8, 4) is 22.7 Å². The van der Waals surface area contributed by atoms with E-state index in [2.05, 4.69) is 30.4 Å². The third-order valence-corrected chi connectivity index (χ3v) is 5.71. The average Bonchev–Trinajstić information content (AvgIpc) is 3.45. The summed E-state index contributed by atoms with van der Waals surface area (Å²) >= 11 is 0. The second kappa shape index (κ2) is 9.65. The number of carbonyl (C=O) groups excluding carboxylic acids is 1. The molecule has 1 aliphatic heterocycles. The van der Waals surface area contributed by atoms with Crippen LogP contribution in [0.3, 0.4) is 0 Å². The van der Waals surface area contributed by atoms with Crippen LogP contribution >= 0.6 is 0 Å². The van der Waals surface area contributed by atoms with Crippen molar-refractivity contribution in [2.24, 2.45) is 0 Å². The lowest BCUT2D eigenvalue weighted by Crippen LogP contribution is -2.49. The van der Waals surface area contributed by atoms with E-state index >= 15 is 0 Å². The second-order valence-electron chi connectivity index (χ2n) is 7.80. The van der Waals surface area contributed by atoms with Gasteiger partial charge in [0.25, 0.3) is 5.91 Å². The highest BCUT2D eigenvalue weighted by Crippen LogP contribution is 2.24. The van der Waals surface area contributed by atoms with Gasteiger partial charge in [0.15, 0.2) is 0 Å². The lowest BCUT2D eigenvalue weighted by Gasteiger charge is -2.35. The second-order valence-corrected chi connectivity index (χ2v) is 7.80. The molecule has 2 aromatic carbocycles. The molecule has 2 aromatic heterocycles.